The third-order valence-electron chi connectivity index (χ3n) is 1.94. The van der Waals surface area contributed by atoms with Gasteiger partial charge in [-0.25, -0.2) is 0 Å². The number of para-hydroxylation sites is 1. The van der Waals surface area contributed by atoms with E-state index in [1.807, 2.05) is 24.4 Å². The van der Waals surface area contributed by atoms with Crippen molar-refractivity contribution in [3.8, 4) is 0 Å². The van der Waals surface area contributed by atoms with Crippen LogP contribution in [0.2, 0.25) is 0 Å². The van der Waals surface area contributed by atoms with E-state index in [1.54, 1.807) is 0 Å². The van der Waals surface area contributed by atoms with Gasteiger partial charge in [0.15, 0.2) is 0 Å². The van der Waals surface area contributed by atoms with Gasteiger partial charge < -0.3 is 0 Å². The van der Waals surface area contributed by atoms with Crippen molar-refractivity contribution in [2.75, 3.05) is 0 Å². The number of nitrogens with zero attached hydrogens (tertiary/aromatic N) is 1. The van der Waals surface area contributed by atoms with Crippen molar-refractivity contribution >= 4 is 10.9 Å². The van der Waals surface area contributed by atoms with Gasteiger partial charge in [-0.1, -0.05) is 18.2 Å². The molecule has 1 radical (unpaired) electrons. The van der Waals surface area contributed by atoms with Gasteiger partial charge in [0.1, 0.15) is 0 Å². The molecule has 1 heteroatoms. The van der Waals surface area contributed by atoms with Crippen LogP contribution in [0.5, 0.6) is 0 Å². The number of pyridine rings is 1. The van der Waals surface area contributed by atoms with E-state index >= 15 is 0 Å². The Morgan fingerprint density at radius 1 is 1.25 bits per heavy atom. The summed E-state index contributed by atoms with van der Waals surface area (Å²) in [5.41, 5.74) is 2.24. The van der Waals surface area contributed by atoms with Gasteiger partial charge >= 0.3 is 0 Å². The van der Waals surface area contributed by atoms with Crippen molar-refractivity contribution in [3.63, 3.8) is 0 Å². The average molecular weight is 156 g/mol. The molecular weight excluding hydrogens is 146 g/mol. The van der Waals surface area contributed by atoms with E-state index in [9.17, 15) is 0 Å². The minimum Gasteiger partial charge on any atom is -0.256 e. The number of rotatable bonds is 1. The molecular formula is C11H10N. The number of fused-ring (bicyclic) bond motifs is 1. The number of benzene rings is 1. The molecule has 0 aliphatic heterocycles. The molecule has 1 nitrogen and oxygen atoms in total. The minimum atomic E-state index is 0.803. The smallest absolute Gasteiger partial charge is 0.0702 e. The Morgan fingerprint density at radius 3 is 2.92 bits per heavy atom. The maximum Gasteiger partial charge on any atom is 0.0702 e. The van der Waals surface area contributed by atoms with Gasteiger partial charge in [-0.3, -0.25) is 4.98 Å². The summed E-state index contributed by atoms with van der Waals surface area (Å²) in [4.78, 5) is 4.31. The molecule has 1 aromatic heterocycles. The molecule has 0 fully saturated rings. The van der Waals surface area contributed by atoms with Crippen LogP contribution in [0.3, 0.4) is 0 Å². The lowest BCUT2D eigenvalue weighted by atomic mass is 10.1. The summed E-state index contributed by atoms with van der Waals surface area (Å²) >= 11 is 0. The van der Waals surface area contributed by atoms with Crippen molar-refractivity contribution in [1.82, 2.24) is 4.98 Å². The van der Waals surface area contributed by atoms with Gasteiger partial charge in [0.2, 0.25) is 0 Å². The molecule has 0 amide bonds. The predicted molar refractivity (Wildman–Crippen MR) is 50.8 cm³/mol. The van der Waals surface area contributed by atoms with Crippen LogP contribution in [0.4, 0.5) is 0 Å². The highest BCUT2D eigenvalue weighted by atomic mass is 14.6. The summed E-state index contributed by atoms with van der Waals surface area (Å²) in [6.07, 6.45) is 2.69. The third-order valence-corrected chi connectivity index (χ3v) is 1.94. The maximum absolute atomic E-state index is 4.31. The van der Waals surface area contributed by atoms with Gasteiger partial charge in [-0.15, -0.1) is 0 Å². The summed E-state index contributed by atoms with van der Waals surface area (Å²) < 4.78 is 0. The lowest BCUT2D eigenvalue weighted by Crippen LogP contribution is -1.83. The van der Waals surface area contributed by atoms with Crippen LogP contribution in [0, 0.1) is 6.92 Å². The molecule has 0 unspecified atom stereocenters. The first-order valence-electron chi connectivity index (χ1n) is 4.03. The van der Waals surface area contributed by atoms with Crippen LogP contribution in [-0.4, -0.2) is 4.98 Å². The van der Waals surface area contributed by atoms with Crippen LogP contribution in [0.15, 0.2) is 36.5 Å². The van der Waals surface area contributed by atoms with E-state index in [0.29, 0.717) is 0 Å². The molecule has 12 heavy (non-hydrogen) atoms. The second-order valence-electron chi connectivity index (χ2n) is 2.79. The number of hydrogen-bond acceptors (Lipinski definition) is 1. The van der Waals surface area contributed by atoms with Gasteiger partial charge in [0, 0.05) is 11.6 Å². The first-order chi connectivity index (χ1) is 5.90. The molecule has 1 aromatic carbocycles. The Morgan fingerprint density at radius 2 is 2.08 bits per heavy atom. The molecule has 0 spiro atoms. The minimum absolute atomic E-state index is 0.803. The number of aromatic nitrogens is 1. The van der Waals surface area contributed by atoms with Crippen LogP contribution >= 0.6 is 0 Å². The zero-order valence-electron chi connectivity index (χ0n) is 6.83. The molecule has 0 saturated heterocycles. The fraction of sp³-hybridized carbons (Fsp3) is 0.0909. The molecule has 0 N–H and O–H groups in total. The zero-order chi connectivity index (χ0) is 8.39. The first-order valence-corrected chi connectivity index (χ1v) is 4.03. The van der Waals surface area contributed by atoms with Gasteiger partial charge in [0.05, 0.1) is 5.52 Å². The first kappa shape index (κ1) is 7.29. The van der Waals surface area contributed by atoms with E-state index in [2.05, 4.69) is 24.0 Å². The Kier molecular flexibility index (Phi) is 1.78. The lowest BCUT2D eigenvalue weighted by Gasteiger charge is -1.98. The van der Waals surface area contributed by atoms with E-state index in [4.69, 9.17) is 0 Å². The summed E-state index contributed by atoms with van der Waals surface area (Å²) in [6, 6.07) is 10.2. The second kappa shape index (κ2) is 2.94. The average Bonchev–Trinajstić information content (AvgIpc) is 2.17. The van der Waals surface area contributed by atoms with E-state index < -0.39 is 0 Å². The van der Waals surface area contributed by atoms with Crippen LogP contribution < -0.4 is 0 Å². The number of hydrogen-bond donors (Lipinski definition) is 0. The second-order valence-corrected chi connectivity index (χ2v) is 2.79. The van der Waals surface area contributed by atoms with Gasteiger partial charge in [-0.2, -0.15) is 0 Å². The highest BCUT2D eigenvalue weighted by molar-refractivity contribution is 5.78. The largest absolute Gasteiger partial charge is 0.256 e. The summed E-state index contributed by atoms with van der Waals surface area (Å²) in [7, 11) is 0. The maximum atomic E-state index is 4.31. The Bertz CT molecular complexity index is 393. The molecule has 0 bridgehead atoms. The normalized spacial score (nSPS) is 10.4. The van der Waals surface area contributed by atoms with Crippen molar-refractivity contribution in [2.45, 2.75) is 6.42 Å². The van der Waals surface area contributed by atoms with E-state index in [0.717, 1.165) is 11.9 Å². The highest BCUT2D eigenvalue weighted by Gasteiger charge is 1.93. The molecule has 0 atom stereocenters. The molecule has 59 valence electrons. The molecule has 0 saturated carbocycles. The fourth-order valence-corrected chi connectivity index (χ4v) is 1.25. The molecule has 1 heterocycles. The Balaban J connectivity index is 2.67. The molecule has 2 rings (SSSR count). The van der Waals surface area contributed by atoms with E-state index in [1.165, 1.54) is 10.9 Å². The van der Waals surface area contributed by atoms with Crippen molar-refractivity contribution < 1.29 is 0 Å². The van der Waals surface area contributed by atoms with Crippen molar-refractivity contribution in [3.05, 3.63) is 49.0 Å². The standard InChI is InChI=1S/C11H10N/c1-2-9-7-10-5-3-4-6-11(10)12-8-9/h3-8H,1-2H2. The lowest BCUT2D eigenvalue weighted by molar-refractivity contribution is 1.22. The van der Waals surface area contributed by atoms with E-state index in [-0.39, 0.29) is 0 Å². The van der Waals surface area contributed by atoms with Crippen molar-refractivity contribution in [2.24, 2.45) is 0 Å². The molecule has 0 aliphatic rings. The summed E-state index contributed by atoms with van der Waals surface area (Å²) in [5.74, 6) is 0. The third kappa shape index (κ3) is 1.18. The summed E-state index contributed by atoms with van der Waals surface area (Å²) in [6.45, 7) is 3.82. The molecule has 2 aromatic rings. The zero-order valence-corrected chi connectivity index (χ0v) is 6.83. The van der Waals surface area contributed by atoms with Crippen LogP contribution in [0.25, 0.3) is 10.9 Å². The van der Waals surface area contributed by atoms with Gasteiger partial charge in [-0.05, 0) is 31.0 Å². The SMILES string of the molecule is [CH2]Cc1cnc2ccccc2c1. The molecule has 0 aliphatic carbocycles. The highest BCUT2D eigenvalue weighted by Crippen LogP contribution is 2.12. The van der Waals surface area contributed by atoms with Crippen LogP contribution in [0.1, 0.15) is 5.56 Å². The topological polar surface area (TPSA) is 12.9 Å². The summed E-state index contributed by atoms with van der Waals surface area (Å²) in [5, 5.41) is 1.19. The van der Waals surface area contributed by atoms with Crippen LogP contribution in [-0.2, 0) is 6.42 Å². The Labute approximate surface area is 72.1 Å². The predicted octanol–water partition coefficient (Wildman–Crippen LogP) is 2.61. The Hall–Kier alpha value is -1.37. The monoisotopic (exact) mass is 156 g/mol. The van der Waals surface area contributed by atoms with Crippen molar-refractivity contribution in [1.29, 1.82) is 0 Å². The van der Waals surface area contributed by atoms with Gasteiger partial charge in [0.25, 0.3) is 0 Å². The quantitative estimate of drug-likeness (QED) is 0.618. The fourth-order valence-electron chi connectivity index (χ4n) is 1.25.